The average molecular weight is 476 g/mol. The van der Waals surface area contributed by atoms with Crippen molar-refractivity contribution in [2.24, 2.45) is 5.92 Å². The van der Waals surface area contributed by atoms with Crippen molar-refractivity contribution >= 4 is 11.7 Å². The molecule has 1 atom stereocenters. The number of rotatable bonds is 6. The fraction of sp³-hybridized carbons (Fsp3) is 0.194. The SMILES string of the molecule is C=C/C=C1/C=C(CC(=O)Nc2nc3c(nc2-c2ccccc2)-c2ccc(OC)cc2CC3)C=CC1C. The van der Waals surface area contributed by atoms with Gasteiger partial charge in [0.1, 0.15) is 11.4 Å². The van der Waals surface area contributed by atoms with E-state index in [1.807, 2.05) is 54.6 Å². The Morgan fingerprint density at radius 2 is 1.97 bits per heavy atom. The Morgan fingerprint density at radius 3 is 2.75 bits per heavy atom. The van der Waals surface area contributed by atoms with Crippen LogP contribution < -0.4 is 10.1 Å². The molecule has 180 valence electrons. The smallest absolute Gasteiger partial charge is 0.230 e. The summed E-state index contributed by atoms with van der Waals surface area (Å²) in [5, 5.41) is 3.06. The molecule has 0 saturated carbocycles. The van der Waals surface area contributed by atoms with E-state index in [1.54, 1.807) is 13.2 Å². The molecule has 36 heavy (non-hydrogen) atoms. The van der Waals surface area contributed by atoms with Crippen LogP contribution in [-0.2, 0) is 17.6 Å². The Morgan fingerprint density at radius 1 is 1.14 bits per heavy atom. The molecule has 0 radical (unpaired) electrons. The number of aryl methyl sites for hydroxylation is 2. The number of nitrogens with zero attached hydrogens (tertiary/aromatic N) is 2. The summed E-state index contributed by atoms with van der Waals surface area (Å²) >= 11 is 0. The highest BCUT2D eigenvalue weighted by molar-refractivity contribution is 5.95. The number of ether oxygens (including phenoxy) is 1. The maximum atomic E-state index is 13.1. The number of fused-ring (bicyclic) bond motifs is 3. The van der Waals surface area contributed by atoms with Crippen LogP contribution in [0.25, 0.3) is 22.5 Å². The Labute approximate surface area is 212 Å². The molecule has 2 aliphatic carbocycles. The van der Waals surface area contributed by atoms with E-state index in [4.69, 9.17) is 14.7 Å². The lowest BCUT2D eigenvalue weighted by Crippen LogP contribution is -2.18. The van der Waals surface area contributed by atoms with E-state index < -0.39 is 0 Å². The average Bonchev–Trinajstić information content (AvgIpc) is 2.90. The fourth-order valence-corrected chi connectivity index (χ4v) is 4.71. The molecule has 0 spiro atoms. The number of carbonyl (C=O) groups is 1. The lowest BCUT2D eigenvalue weighted by atomic mass is 9.91. The zero-order valence-corrected chi connectivity index (χ0v) is 20.6. The summed E-state index contributed by atoms with van der Waals surface area (Å²) in [5.74, 6) is 1.51. The number of aromatic nitrogens is 2. The maximum absolute atomic E-state index is 13.1. The lowest BCUT2D eigenvalue weighted by Gasteiger charge is -2.22. The van der Waals surface area contributed by atoms with Gasteiger partial charge in [-0.3, -0.25) is 4.79 Å². The fourth-order valence-electron chi connectivity index (χ4n) is 4.71. The van der Waals surface area contributed by atoms with Crippen LogP contribution in [0, 0.1) is 5.92 Å². The summed E-state index contributed by atoms with van der Waals surface area (Å²) in [6, 6.07) is 15.9. The number of methoxy groups -OCH3 is 1. The zero-order chi connectivity index (χ0) is 25.1. The monoisotopic (exact) mass is 475 g/mol. The molecule has 0 aliphatic heterocycles. The van der Waals surface area contributed by atoms with Gasteiger partial charge < -0.3 is 10.1 Å². The summed E-state index contributed by atoms with van der Waals surface area (Å²) in [5.41, 5.74) is 7.68. The Kier molecular flexibility index (Phi) is 6.63. The third-order valence-corrected chi connectivity index (χ3v) is 6.62. The number of nitrogens with one attached hydrogen (secondary N) is 1. The van der Waals surface area contributed by atoms with Crippen LogP contribution in [-0.4, -0.2) is 23.0 Å². The summed E-state index contributed by atoms with van der Waals surface area (Å²) in [4.78, 5) is 23.1. The van der Waals surface area contributed by atoms with Crippen molar-refractivity contribution in [3.8, 4) is 28.3 Å². The lowest BCUT2D eigenvalue weighted by molar-refractivity contribution is -0.115. The van der Waals surface area contributed by atoms with E-state index in [0.29, 0.717) is 17.4 Å². The highest BCUT2D eigenvalue weighted by atomic mass is 16.5. The van der Waals surface area contributed by atoms with Crippen molar-refractivity contribution in [1.29, 1.82) is 0 Å². The van der Waals surface area contributed by atoms with Gasteiger partial charge in [0.2, 0.25) is 5.91 Å². The molecule has 1 aromatic heterocycles. The van der Waals surface area contributed by atoms with Crippen LogP contribution in [0.4, 0.5) is 5.82 Å². The van der Waals surface area contributed by atoms with Crippen molar-refractivity contribution in [2.45, 2.75) is 26.2 Å². The van der Waals surface area contributed by atoms with Gasteiger partial charge in [-0.05, 0) is 53.7 Å². The van der Waals surface area contributed by atoms with Crippen LogP contribution in [0.1, 0.15) is 24.6 Å². The molecule has 1 amide bonds. The third-order valence-electron chi connectivity index (χ3n) is 6.62. The van der Waals surface area contributed by atoms with E-state index in [2.05, 4.69) is 37.0 Å². The van der Waals surface area contributed by atoms with Crippen molar-refractivity contribution in [2.75, 3.05) is 12.4 Å². The molecule has 5 nitrogen and oxygen atoms in total. The minimum absolute atomic E-state index is 0.120. The molecule has 3 aromatic rings. The van der Waals surface area contributed by atoms with Gasteiger partial charge in [0.05, 0.1) is 24.9 Å². The molecule has 5 heteroatoms. The number of benzene rings is 2. The molecule has 1 unspecified atom stereocenters. The van der Waals surface area contributed by atoms with Gasteiger partial charge in [0.15, 0.2) is 5.82 Å². The van der Waals surface area contributed by atoms with Gasteiger partial charge in [0, 0.05) is 11.1 Å². The highest BCUT2D eigenvalue weighted by Crippen LogP contribution is 2.37. The first-order chi connectivity index (χ1) is 17.6. The molecule has 0 bridgehead atoms. The Bertz CT molecular complexity index is 1420. The predicted octanol–water partition coefficient (Wildman–Crippen LogP) is 6.49. The number of anilines is 1. The van der Waals surface area contributed by atoms with Crippen LogP contribution in [0.15, 0.2) is 96.6 Å². The van der Waals surface area contributed by atoms with Gasteiger partial charge in [-0.15, -0.1) is 0 Å². The summed E-state index contributed by atoms with van der Waals surface area (Å²) < 4.78 is 5.41. The number of hydrogen-bond donors (Lipinski definition) is 1. The van der Waals surface area contributed by atoms with Gasteiger partial charge in [-0.25, -0.2) is 9.97 Å². The van der Waals surface area contributed by atoms with E-state index in [-0.39, 0.29) is 12.3 Å². The quantitative estimate of drug-likeness (QED) is 0.443. The van der Waals surface area contributed by atoms with Gasteiger partial charge in [-0.2, -0.15) is 0 Å². The van der Waals surface area contributed by atoms with Crippen molar-refractivity contribution < 1.29 is 9.53 Å². The molecule has 5 rings (SSSR count). The first kappa shape index (κ1) is 23.5. The Balaban J connectivity index is 1.49. The molecule has 2 aromatic carbocycles. The number of allylic oxidation sites excluding steroid dienone is 6. The highest BCUT2D eigenvalue weighted by Gasteiger charge is 2.24. The van der Waals surface area contributed by atoms with E-state index in [9.17, 15) is 4.79 Å². The van der Waals surface area contributed by atoms with Gasteiger partial charge in [0.25, 0.3) is 0 Å². The summed E-state index contributed by atoms with van der Waals surface area (Å²) in [7, 11) is 1.68. The summed E-state index contributed by atoms with van der Waals surface area (Å²) in [6.45, 7) is 5.92. The topological polar surface area (TPSA) is 64.1 Å². The van der Waals surface area contributed by atoms with E-state index in [0.717, 1.165) is 52.3 Å². The standard InChI is InChI=1S/C31H29N3O2/c1-4-8-23-17-21(12-11-20(23)2)18-28(35)33-31-29(22-9-6-5-7-10-22)34-30-26-15-14-25(36-3)19-24(26)13-16-27(30)32-31/h4-12,14-15,17,19-20H,1,13,16,18H2,2-3H3,(H,32,33,35)/b23-8-. The molecule has 0 saturated heterocycles. The van der Waals surface area contributed by atoms with Crippen molar-refractivity contribution in [3.05, 3.63) is 108 Å². The summed E-state index contributed by atoms with van der Waals surface area (Å²) in [6.07, 6.45) is 11.8. The molecule has 1 heterocycles. The molecule has 0 fully saturated rings. The van der Waals surface area contributed by atoms with Crippen LogP contribution in [0.2, 0.25) is 0 Å². The van der Waals surface area contributed by atoms with Gasteiger partial charge in [-0.1, -0.05) is 74.2 Å². The first-order valence-electron chi connectivity index (χ1n) is 12.2. The van der Waals surface area contributed by atoms with E-state index >= 15 is 0 Å². The minimum Gasteiger partial charge on any atom is -0.497 e. The largest absolute Gasteiger partial charge is 0.497 e. The molecule has 2 aliphatic rings. The second-order valence-corrected chi connectivity index (χ2v) is 9.10. The number of amides is 1. The predicted molar refractivity (Wildman–Crippen MR) is 145 cm³/mol. The molecule has 1 N–H and O–H groups in total. The molecular weight excluding hydrogens is 446 g/mol. The normalized spacial score (nSPS) is 17.1. The second-order valence-electron chi connectivity index (χ2n) is 9.10. The minimum atomic E-state index is -0.120. The second kappa shape index (κ2) is 10.2. The number of carbonyl (C=O) groups excluding carboxylic acids is 1. The molecular formula is C31H29N3O2. The Hall–Kier alpha value is -4.25. The van der Waals surface area contributed by atoms with Crippen LogP contribution in [0.5, 0.6) is 5.75 Å². The first-order valence-corrected chi connectivity index (χ1v) is 12.2. The van der Waals surface area contributed by atoms with Crippen molar-refractivity contribution in [1.82, 2.24) is 9.97 Å². The van der Waals surface area contributed by atoms with Crippen molar-refractivity contribution in [3.63, 3.8) is 0 Å². The third kappa shape index (κ3) is 4.78. The maximum Gasteiger partial charge on any atom is 0.230 e. The zero-order valence-electron chi connectivity index (χ0n) is 20.6. The van der Waals surface area contributed by atoms with Gasteiger partial charge >= 0.3 is 0 Å². The van der Waals surface area contributed by atoms with Crippen LogP contribution >= 0.6 is 0 Å². The number of hydrogen-bond acceptors (Lipinski definition) is 4. The van der Waals surface area contributed by atoms with E-state index in [1.165, 1.54) is 5.56 Å². The van der Waals surface area contributed by atoms with Crippen LogP contribution in [0.3, 0.4) is 0 Å².